The van der Waals surface area contributed by atoms with Crippen LogP contribution in [-0.2, 0) is 0 Å². The Hall–Kier alpha value is -3.72. The molecule has 10 aromatic rings. The third kappa shape index (κ3) is 4.10. The highest BCUT2D eigenvalue weighted by molar-refractivity contribution is 7.25. The molecule has 0 saturated heterocycles. The molecule has 10 rings (SSSR count). The molecule has 0 N–H and O–H groups in total. The van der Waals surface area contributed by atoms with Gasteiger partial charge in [-0.3, -0.25) is 0 Å². The van der Waals surface area contributed by atoms with E-state index in [1.54, 1.807) is 0 Å². The first-order valence-corrected chi connectivity index (χ1v) is 20.1. The van der Waals surface area contributed by atoms with E-state index in [1.807, 2.05) is 45.3 Å². The Kier molecular flexibility index (Phi) is 6.26. The van der Waals surface area contributed by atoms with E-state index >= 15 is 0 Å². The summed E-state index contributed by atoms with van der Waals surface area (Å²) in [6, 6.07) is 28.1. The smallest absolute Gasteiger partial charge is 0.114 e. The molecule has 5 aromatic heterocycles. The fourth-order valence-electron chi connectivity index (χ4n) is 7.19. The summed E-state index contributed by atoms with van der Waals surface area (Å²) in [4.78, 5) is 2.50. The maximum atomic E-state index is 4.91. The average Bonchev–Trinajstić information content (AvgIpc) is 3.92. The van der Waals surface area contributed by atoms with Crippen LogP contribution in [0.1, 0.15) is 50.7 Å². The Balaban J connectivity index is 1.17. The average molecular weight is 697 g/mol. The fourth-order valence-corrected chi connectivity index (χ4v) is 12.1. The first-order chi connectivity index (χ1) is 22.9. The van der Waals surface area contributed by atoms with Gasteiger partial charge in [0.25, 0.3) is 0 Å². The second kappa shape index (κ2) is 10.4. The predicted octanol–water partition coefficient (Wildman–Crippen LogP) is 14.4. The first-order valence-electron chi connectivity index (χ1n) is 15.9. The van der Waals surface area contributed by atoms with Crippen molar-refractivity contribution < 1.29 is 0 Å². The van der Waals surface area contributed by atoms with Crippen LogP contribution in [0.3, 0.4) is 0 Å². The van der Waals surface area contributed by atoms with E-state index in [1.165, 1.54) is 106 Å². The highest BCUT2D eigenvalue weighted by atomic mass is 32.1. The summed E-state index contributed by atoms with van der Waals surface area (Å²) in [6.45, 7) is 9.10. The molecule has 0 atom stereocenters. The zero-order chi connectivity index (χ0) is 31.6. The number of thiophene rings is 4. The molecule has 0 unspecified atom stereocenters. The maximum Gasteiger partial charge on any atom is 0.114 e. The minimum atomic E-state index is 0.502. The van der Waals surface area contributed by atoms with E-state index in [0.717, 1.165) is 11.0 Å². The summed E-state index contributed by atoms with van der Waals surface area (Å²) in [7, 11) is 0. The van der Waals surface area contributed by atoms with Crippen LogP contribution in [0.5, 0.6) is 0 Å². The highest BCUT2D eigenvalue weighted by Gasteiger charge is 2.21. The van der Waals surface area contributed by atoms with Crippen molar-refractivity contribution >= 4 is 130 Å². The van der Waals surface area contributed by atoms with Gasteiger partial charge in [0.1, 0.15) is 11.0 Å². The number of benzene rings is 5. The summed E-state index contributed by atoms with van der Waals surface area (Å²) in [5, 5.41) is 15.3. The molecule has 0 fully saturated rings. The third-order valence-corrected chi connectivity index (χ3v) is 14.5. The van der Waals surface area contributed by atoms with Gasteiger partial charge in [0.2, 0.25) is 0 Å². The molecule has 0 spiro atoms. The van der Waals surface area contributed by atoms with Crippen molar-refractivity contribution in [2.45, 2.75) is 39.5 Å². The lowest BCUT2D eigenvalue weighted by Gasteiger charge is -2.09. The molecule has 0 aliphatic heterocycles. The number of hydrogen-bond acceptors (Lipinski definition) is 7. The maximum absolute atomic E-state index is 4.91. The van der Waals surface area contributed by atoms with Crippen LogP contribution in [0.25, 0.3) is 93.8 Å². The van der Waals surface area contributed by atoms with Crippen molar-refractivity contribution in [2.24, 2.45) is 0 Å². The second-order valence-electron chi connectivity index (χ2n) is 13.1. The Morgan fingerprint density at radius 2 is 0.872 bits per heavy atom. The normalized spacial score (nSPS) is 12.6. The van der Waals surface area contributed by atoms with Gasteiger partial charge in [0.15, 0.2) is 0 Å². The van der Waals surface area contributed by atoms with Crippen LogP contribution >= 0.6 is 57.1 Å². The third-order valence-electron chi connectivity index (χ3n) is 9.72. The summed E-state index contributed by atoms with van der Waals surface area (Å²) in [5.74, 6) is 1.00. The van der Waals surface area contributed by atoms with E-state index < -0.39 is 0 Å². The molecule has 228 valence electrons. The number of fused-ring (bicyclic) bond motifs is 13. The van der Waals surface area contributed by atoms with Crippen LogP contribution < -0.4 is 0 Å². The molecule has 7 heteroatoms. The van der Waals surface area contributed by atoms with Gasteiger partial charge < -0.3 is 0 Å². The summed E-state index contributed by atoms with van der Waals surface area (Å²) in [6.07, 6.45) is 0. The second-order valence-corrected chi connectivity index (χ2v) is 17.5. The molecular weight excluding hydrogens is 669 g/mol. The van der Waals surface area contributed by atoms with Gasteiger partial charge in [0.05, 0.1) is 11.7 Å². The molecular formula is C40H28N2S5. The zero-order valence-corrected chi connectivity index (χ0v) is 30.3. The predicted molar refractivity (Wildman–Crippen MR) is 213 cm³/mol. The van der Waals surface area contributed by atoms with Crippen molar-refractivity contribution in [1.29, 1.82) is 0 Å². The minimum absolute atomic E-state index is 0.502. The van der Waals surface area contributed by atoms with Gasteiger partial charge in [-0.2, -0.15) is 8.75 Å². The van der Waals surface area contributed by atoms with E-state index in [9.17, 15) is 0 Å². The van der Waals surface area contributed by atoms with Gasteiger partial charge in [-0.1, -0.05) is 64.1 Å². The lowest BCUT2D eigenvalue weighted by Crippen LogP contribution is -1.87. The fraction of sp³-hybridized carbons (Fsp3) is 0.150. The quantitative estimate of drug-likeness (QED) is 0.183. The number of nitrogens with zero attached hydrogens (tertiary/aromatic N) is 2. The molecule has 5 heterocycles. The molecule has 2 nitrogen and oxygen atoms in total. The monoisotopic (exact) mass is 696 g/mol. The summed E-state index contributed by atoms with van der Waals surface area (Å²) < 4.78 is 15.3. The molecule has 0 amide bonds. The van der Waals surface area contributed by atoms with E-state index in [-0.39, 0.29) is 0 Å². The molecule has 5 aromatic carbocycles. The Bertz CT molecular complexity index is 2680. The molecule has 0 bridgehead atoms. The Morgan fingerprint density at radius 3 is 1.32 bits per heavy atom. The van der Waals surface area contributed by atoms with Crippen molar-refractivity contribution in [3.63, 3.8) is 0 Å². The zero-order valence-electron chi connectivity index (χ0n) is 26.2. The van der Waals surface area contributed by atoms with Gasteiger partial charge in [-0.25, -0.2) is 0 Å². The van der Waals surface area contributed by atoms with Gasteiger partial charge in [-0.05, 0) is 70.1 Å². The standard InChI is InChI=1S/C40H28N2S5/c1-19(2)21-5-7-23-29(15-21)37-25(11-13-43-37)31-17-33(45-39(23)31)27-9-10-28(36-35(27)41-47-42-36)34-18-32-26-12-14-44-38(26)30-16-22(20(3)4)6-8-24(30)40(32)46-34/h5-20H,1-4H3. The molecule has 0 saturated carbocycles. The van der Waals surface area contributed by atoms with Crippen LogP contribution in [0, 0.1) is 0 Å². The lowest BCUT2D eigenvalue weighted by molar-refractivity contribution is 0.869. The van der Waals surface area contributed by atoms with E-state index in [4.69, 9.17) is 8.75 Å². The van der Waals surface area contributed by atoms with E-state index in [0.29, 0.717) is 11.8 Å². The number of aromatic nitrogens is 2. The Labute approximate surface area is 291 Å². The number of hydrogen-bond donors (Lipinski definition) is 0. The van der Waals surface area contributed by atoms with Crippen LogP contribution in [0.2, 0.25) is 0 Å². The lowest BCUT2D eigenvalue weighted by atomic mass is 9.97. The van der Waals surface area contributed by atoms with Gasteiger partial charge in [0, 0.05) is 82.8 Å². The molecule has 0 aliphatic carbocycles. The molecule has 47 heavy (non-hydrogen) atoms. The van der Waals surface area contributed by atoms with Crippen molar-refractivity contribution in [2.75, 3.05) is 0 Å². The van der Waals surface area contributed by atoms with Crippen LogP contribution in [-0.4, -0.2) is 8.75 Å². The largest absolute Gasteiger partial charge is 0.172 e. The van der Waals surface area contributed by atoms with Gasteiger partial charge in [-0.15, -0.1) is 45.3 Å². The Morgan fingerprint density at radius 1 is 0.447 bits per heavy atom. The first kappa shape index (κ1) is 28.3. The van der Waals surface area contributed by atoms with Crippen molar-refractivity contribution in [3.05, 3.63) is 94.7 Å². The SMILES string of the molecule is CC(C)c1ccc2c(c1)c1sccc1c1cc(-c3ccc(-c4cc5c6ccsc6c6cc(C(C)C)ccc6c5s4)c4nsnc34)sc21. The summed E-state index contributed by atoms with van der Waals surface area (Å²) in [5.41, 5.74) is 7.11. The van der Waals surface area contributed by atoms with Crippen molar-refractivity contribution in [1.82, 2.24) is 8.75 Å². The molecule has 0 aliphatic rings. The van der Waals surface area contributed by atoms with Gasteiger partial charge >= 0.3 is 0 Å². The van der Waals surface area contributed by atoms with Crippen LogP contribution in [0.15, 0.2) is 83.6 Å². The topological polar surface area (TPSA) is 25.8 Å². The summed E-state index contributed by atoms with van der Waals surface area (Å²) >= 11 is 8.80. The van der Waals surface area contributed by atoms with Crippen LogP contribution in [0.4, 0.5) is 0 Å². The number of rotatable bonds is 4. The molecule has 0 radical (unpaired) electrons. The van der Waals surface area contributed by atoms with E-state index in [2.05, 4.69) is 111 Å². The minimum Gasteiger partial charge on any atom is -0.172 e. The highest BCUT2D eigenvalue weighted by Crippen LogP contribution is 2.49. The van der Waals surface area contributed by atoms with Crippen molar-refractivity contribution in [3.8, 4) is 20.9 Å².